The molecule has 0 spiro atoms. The molecule has 2 aliphatic rings. The van der Waals surface area contributed by atoms with Crippen LogP contribution in [0, 0.1) is 0 Å². The number of aromatic amines is 1. The first-order valence-electron chi connectivity index (χ1n) is 12.7. The van der Waals surface area contributed by atoms with Gasteiger partial charge in [0.05, 0.1) is 17.3 Å². The number of amides is 4. The molecule has 2 aliphatic heterocycles. The molecular weight excluding hydrogens is 456 g/mol. The van der Waals surface area contributed by atoms with E-state index in [1.165, 1.54) is 4.90 Å². The molecule has 0 saturated carbocycles. The van der Waals surface area contributed by atoms with Crippen molar-refractivity contribution in [3.05, 3.63) is 65.4 Å². The molecule has 3 aromatic rings. The maximum absolute atomic E-state index is 13.6. The zero-order valence-corrected chi connectivity index (χ0v) is 20.8. The predicted octanol–water partition coefficient (Wildman–Crippen LogP) is 4.56. The zero-order valence-electron chi connectivity index (χ0n) is 20.8. The molecule has 2 atom stereocenters. The Kier molecular flexibility index (Phi) is 6.78. The number of hydrogen-bond donors (Lipinski definition) is 2. The summed E-state index contributed by atoms with van der Waals surface area (Å²) in [4.78, 5) is 46.5. The lowest BCUT2D eigenvalue weighted by Crippen LogP contribution is -2.42. The minimum atomic E-state index is -0.601. The topological polar surface area (TPSA) is 94.7 Å². The van der Waals surface area contributed by atoms with E-state index in [1.807, 2.05) is 31.2 Å². The van der Waals surface area contributed by atoms with Crippen LogP contribution < -0.4 is 10.2 Å². The molecule has 5 rings (SSSR count). The molecule has 3 heterocycles. The predicted molar refractivity (Wildman–Crippen MR) is 138 cm³/mol. The molecule has 1 saturated heterocycles. The van der Waals surface area contributed by atoms with E-state index in [2.05, 4.69) is 17.2 Å². The summed E-state index contributed by atoms with van der Waals surface area (Å²) in [5, 5.41) is 3.98. The molecule has 2 aromatic carbocycles. The molecule has 0 radical (unpaired) electrons. The minimum Gasteiger partial charge on any atom is -0.381 e. The van der Waals surface area contributed by atoms with E-state index in [1.54, 1.807) is 29.2 Å². The standard InChI is InChI=1S/C28H32N4O4/c1-3-4-15-36-16-9-14-29-26(33)20-11-6-8-13-23(20)32-27(34)24-17-21-19-10-5-7-12-22(19)30-25(21)18(2)31(24)28(32)35/h5-8,10-13,18,24,30H,3-4,9,14-17H2,1-2H3,(H,29,33)/t18?,24-/m0/s1. The average Bonchev–Trinajstić information content (AvgIpc) is 3.39. The maximum Gasteiger partial charge on any atom is 0.332 e. The number of urea groups is 1. The molecule has 0 aliphatic carbocycles. The second-order valence-corrected chi connectivity index (χ2v) is 9.41. The second-order valence-electron chi connectivity index (χ2n) is 9.41. The number of carbonyl (C=O) groups excluding carboxylic acids is 3. The van der Waals surface area contributed by atoms with E-state index in [0.717, 1.165) is 41.6 Å². The first kappa shape index (κ1) is 24.1. The van der Waals surface area contributed by atoms with E-state index in [9.17, 15) is 14.4 Å². The fourth-order valence-corrected chi connectivity index (χ4v) is 5.26. The number of aromatic nitrogens is 1. The number of benzene rings is 2. The monoisotopic (exact) mass is 488 g/mol. The number of hydrogen-bond acceptors (Lipinski definition) is 4. The normalized spacial score (nSPS) is 19.1. The van der Waals surface area contributed by atoms with Crippen LogP contribution in [-0.4, -0.2) is 53.5 Å². The first-order chi connectivity index (χ1) is 17.5. The molecular formula is C28H32N4O4. The van der Waals surface area contributed by atoms with Crippen LogP contribution in [0.5, 0.6) is 0 Å². The number of fused-ring (bicyclic) bond motifs is 4. The molecule has 4 amide bonds. The Labute approximate surface area is 210 Å². The van der Waals surface area contributed by atoms with Crippen LogP contribution in [0.4, 0.5) is 10.5 Å². The van der Waals surface area contributed by atoms with Gasteiger partial charge in [-0.2, -0.15) is 0 Å². The smallest absolute Gasteiger partial charge is 0.332 e. The van der Waals surface area contributed by atoms with Gasteiger partial charge in [-0.05, 0) is 43.5 Å². The van der Waals surface area contributed by atoms with Crippen molar-refractivity contribution in [2.24, 2.45) is 0 Å². The quantitative estimate of drug-likeness (QED) is 0.341. The highest BCUT2D eigenvalue weighted by Gasteiger charge is 2.52. The number of anilines is 1. The summed E-state index contributed by atoms with van der Waals surface area (Å²) >= 11 is 0. The number of para-hydroxylation sites is 2. The van der Waals surface area contributed by atoms with Crippen molar-refractivity contribution in [3.8, 4) is 0 Å². The van der Waals surface area contributed by atoms with Crippen molar-refractivity contribution in [1.82, 2.24) is 15.2 Å². The number of rotatable bonds is 9. The Morgan fingerprint density at radius 1 is 1.08 bits per heavy atom. The summed E-state index contributed by atoms with van der Waals surface area (Å²) in [5.74, 6) is -0.610. The first-order valence-corrected chi connectivity index (χ1v) is 12.7. The third-order valence-corrected chi connectivity index (χ3v) is 7.12. The molecule has 8 nitrogen and oxygen atoms in total. The van der Waals surface area contributed by atoms with Crippen molar-refractivity contribution in [1.29, 1.82) is 0 Å². The number of nitrogens with zero attached hydrogens (tertiary/aromatic N) is 2. The lowest BCUT2D eigenvalue weighted by molar-refractivity contribution is -0.120. The number of unbranched alkanes of at least 4 members (excludes halogenated alkanes) is 1. The largest absolute Gasteiger partial charge is 0.381 e. The highest BCUT2D eigenvalue weighted by molar-refractivity contribution is 6.24. The summed E-state index contributed by atoms with van der Waals surface area (Å²) < 4.78 is 5.55. The van der Waals surface area contributed by atoms with E-state index >= 15 is 0 Å². The fourth-order valence-electron chi connectivity index (χ4n) is 5.26. The van der Waals surface area contributed by atoms with Crippen LogP contribution in [0.15, 0.2) is 48.5 Å². The Balaban J connectivity index is 1.34. The lowest BCUT2D eigenvalue weighted by atomic mass is 9.93. The molecule has 36 heavy (non-hydrogen) atoms. The van der Waals surface area contributed by atoms with Crippen molar-refractivity contribution in [2.45, 2.75) is 51.6 Å². The van der Waals surface area contributed by atoms with Crippen molar-refractivity contribution in [2.75, 3.05) is 24.7 Å². The molecule has 1 aromatic heterocycles. The summed E-state index contributed by atoms with van der Waals surface area (Å²) in [6.45, 7) is 5.81. The van der Waals surface area contributed by atoms with Crippen LogP contribution in [0.2, 0.25) is 0 Å². The molecule has 1 fully saturated rings. The number of carbonyl (C=O) groups is 3. The molecule has 1 unspecified atom stereocenters. The third kappa shape index (κ3) is 4.15. The Morgan fingerprint density at radius 3 is 2.67 bits per heavy atom. The van der Waals surface area contributed by atoms with Crippen LogP contribution in [0.25, 0.3) is 10.9 Å². The molecule has 0 bridgehead atoms. The average molecular weight is 489 g/mol. The van der Waals surface area contributed by atoms with Gasteiger partial charge >= 0.3 is 6.03 Å². The molecule has 188 valence electrons. The molecule has 2 N–H and O–H groups in total. The van der Waals surface area contributed by atoms with Crippen molar-refractivity contribution in [3.63, 3.8) is 0 Å². The highest BCUT2D eigenvalue weighted by Crippen LogP contribution is 2.42. The number of nitrogens with one attached hydrogen (secondary N) is 2. The van der Waals surface area contributed by atoms with Gasteiger partial charge in [-0.25, -0.2) is 9.69 Å². The highest BCUT2D eigenvalue weighted by atomic mass is 16.5. The maximum atomic E-state index is 13.6. The van der Waals surface area contributed by atoms with Gasteiger partial charge in [-0.3, -0.25) is 9.59 Å². The Hall–Kier alpha value is -3.65. The van der Waals surface area contributed by atoms with Gasteiger partial charge in [-0.1, -0.05) is 43.7 Å². The summed E-state index contributed by atoms with van der Waals surface area (Å²) in [6, 6.07) is 13.5. The van der Waals surface area contributed by atoms with Crippen molar-refractivity contribution < 1.29 is 19.1 Å². The SMILES string of the molecule is CCCCOCCCNC(=O)c1ccccc1N1C(=O)[C@@H]2Cc3c([nH]c4ccccc34)C(C)N2C1=O. The van der Waals surface area contributed by atoms with E-state index < -0.39 is 12.1 Å². The van der Waals surface area contributed by atoms with Gasteiger partial charge in [0.1, 0.15) is 6.04 Å². The van der Waals surface area contributed by atoms with Gasteiger partial charge in [0.15, 0.2) is 0 Å². The van der Waals surface area contributed by atoms with Gasteiger partial charge in [0.2, 0.25) is 0 Å². The fraction of sp³-hybridized carbons (Fsp3) is 0.393. The summed E-state index contributed by atoms with van der Waals surface area (Å²) in [5.41, 5.74) is 3.67. The molecule has 8 heteroatoms. The number of imide groups is 1. The summed E-state index contributed by atoms with van der Waals surface area (Å²) in [7, 11) is 0. The van der Waals surface area contributed by atoms with Crippen molar-refractivity contribution >= 4 is 34.4 Å². The zero-order chi connectivity index (χ0) is 25.2. The van der Waals surface area contributed by atoms with Crippen LogP contribution in [0.1, 0.15) is 60.8 Å². The third-order valence-electron chi connectivity index (χ3n) is 7.12. The minimum absolute atomic E-state index is 0.290. The Bertz CT molecular complexity index is 1300. The van der Waals surface area contributed by atoms with Gasteiger partial charge in [0, 0.05) is 42.8 Å². The van der Waals surface area contributed by atoms with E-state index in [-0.39, 0.29) is 17.9 Å². The lowest BCUT2D eigenvalue weighted by Gasteiger charge is -2.33. The second kappa shape index (κ2) is 10.1. The Morgan fingerprint density at radius 2 is 1.83 bits per heavy atom. The number of H-pyrrole nitrogens is 1. The van der Waals surface area contributed by atoms with Gasteiger partial charge in [0.25, 0.3) is 11.8 Å². The van der Waals surface area contributed by atoms with E-state index in [4.69, 9.17) is 4.74 Å². The number of ether oxygens (including phenoxy) is 1. The van der Waals surface area contributed by atoms with Gasteiger partial charge < -0.3 is 19.9 Å². The van der Waals surface area contributed by atoms with Crippen LogP contribution in [0.3, 0.4) is 0 Å². The van der Waals surface area contributed by atoms with E-state index in [0.29, 0.717) is 37.2 Å². The summed E-state index contributed by atoms with van der Waals surface area (Å²) in [6.07, 6.45) is 3.24. The van der Waals surface area contributed by atoms with Gasteiger partial charge in [-0.15, -0.1) is 0 Å². The van der Waals surface area contributed by atoms with Crippen LogP contribution >= 0.6 is 0 Å². The van der Waals surface area contributed by atoms with Crippen LogP contribution in [-0.2, 0) is 16.0 Å².